The number of hydrogen-bond donors (Lipinski definition) is 1. The first-order valence-corrected chi connectivity index (χ1v) is 9.07. The summed E-state index contributed by atoms with van der Waals surface area (Å²) < 4.78 is 0. The van der Waals surface area contributed by atoms with Crippen molar-refractivity contribution in [1.29, 1.82) is 0 Å². The molecule has 1 unspecified atom stereocenters. The molecule has 3 nitrogen and oxygen atoms in total. The second-order valence-corrected chi connectivity index (χ2v) is 6.86. The quantitative estimate of drug-likeness (QED) is 0.374. The van der Waals surface area contributed by atoms with Crippen LogP contribution in [0.15, 0.2) is 52.8 Å². The van der Waals surface area contributed by atoms with Gasteiger partial charge in [-0.2, -0.15) is 0 Å². The maximum absolute atomic E-state index is 4.39. The molecule has 0 aliphatic rings. The average molecular weight is 457 g/mol. The number of benzene rings is 1. The van der Waals surface area contributed by atoms with Gasteiger partial charge in [-0.25, -0.2) is 0 Å². The van der Waals surface area contributed by atoms with Gasteiger partial charge >= 0.3 is 0 Å². The number of nitrogens with zero attached hydrogens (tertiary/aromatic N) is 2. The number of guanidine groups is 1. The molecule has 0 aliphatic heterocycles. The van der Waals surface area contributed by atoms with Crippen LogP contribution < -0.4 is 5.32 Å². The van der Waals surface area contributed by atoms with E-state index in [1.807, 2.05) is 18.4 Å². The second-order valence-electron chi connectivity index (χ2n) is 5.83. The summed E-state index contributed by atoms with van der Waals surface area (Å²) in [6.45, 7) is 4.20. The van der Waals surface area contributed by atoms with Crippen molar-refractivity contribution in [3.63, 3.8) is 0 Å². The van der Waals surface area contributed by atoms with Crippen LogP contribution in [0, 0.1) is 0 Å². The summed E-state index contributed by atoms with van der Waals surface area (Å²) in [6.07, 6.45) is 2.16. The summed E-state index contributed by atoms with van der Waals surface area (Å²) in [5, 5.41) is 5.61. The summed E-state index contributed by atoms with van der Waals surface area (Å²) in [5.41, 5.74) is 1.40. The third-order valence-electron chi connectivity index (χ3n) is 4.08. The molecule has 0 fully saturated rings. The number of rotatable bonds is 7. The first-order chi connectivity index (χ1) is 11.2. The average Bonchev–Trinajstić information content (AvgIpc) is 3.10. The van der Waals surface area contributed by atoms with Crippen LogP contribution in [0.2, 0.25) is 0 Å². The van der Waals surface area contributed by atoms with Gasteiger partial charge in [0.2, 0.25) is 0 Å². The van der Waals surface area contributed by atoms with Gasteiger partial charge in [0.15, 0.2) is 5.96 Å². The second kappa shape index (κ2) is 11.5. The molecule has 0 saturated carbocycles. The van der Waals surface area contributed by atoms with Gasteiger partial charge in [-0.15, -0.1) is 35.3 Å². The van der Waals surface area contributed by atoms with E-state index in [4.69, 9.17) is 0 Å². The molecule has 0 aliphatic carbocycles. The molecule has 0 spiro atoms. The lowest BCUT2D eigenvalue weighted by molar-refractivity contribution is 0.483. The lowest BCUT2D eigenvalue weighted by Gasteiger charge is -2.22. The fraction of sp³-hybridized carbons (Fsp3) is 0.421. The van der Waals surface area contributed by atoms with E-state index in [9.17, 15) is 0 Å². The Labute approximate surface area is 167 Å². The Morgan fingerprint density at radius 2 is 1.96 bits per heavy atom. The molecule has 1 atom stereocenters. The minimum Gasteiger partial charge on any atom is -0.356 e. The van der Waals surface area contributed by atoms with Crippen molar-refractivity contribution in [3.8, 4) is 0 Å². The minimum atomic E-state index is 0. The summed E-state index contributed by atoms with van der Waals surface area (Å²) in [6, 6.07) is 15.0. The van der Waals surface area contributed by atoms with Crippen LogP contribution in [0.4, 0.5) is 0 Å². The van der Waals surface area contributed by atoms with Crippen LogP contribution in [0.25, 0.3) is 0 Å². The molecule has 0 amide bonds. The molecule has 132 valence electrons. The summed E-state index contributed by atoms with van der Waals surface area (Å²) >= 11 is 1.82. The zero-order valence-electron chi connectivity index (χ0n) is 14.7. The smallest absolute Gasteiger partial charge is 0.193 e. The largest absolute Gasteiger partial charge is 0.356 e. The van der Waals surface area contributed by atoms with Crippen molar-refractivity contribution in [1.82, 2.24) is 10.2 Å². The highest BCUT2D eigenvalue weighted by Crippen LogP contribution is 2.17. The molecule has 1 aromatic carbocycles. The van der Waals surface area contributed by atoms with Crippen molar-refractivity contribution in [2.24, 2.45) is 4.99 Å². The Balaban J connectivity index is 0.00000288. The van der Waals surface area contributed by atoms with E-state index in [1.54, 1.807) is 0 Å². The predicted molar refractivity (Wildman–Crippen MR) is 117 cm³/mol. The van der Waals surface area contributed by atoms with Gasteiger partial charge in [0.05, 0.1) is 0 Å². The Bertz CT molecular complexity index is 584. The van der Waals surface area contributed by atoms with Crippen molar-refractivity contribution >= 4 is 41.3 Å². The first-order valence-electron chi connectivity index (χ1n) is 8.20. The van der Waals surface area contributed by atoms with E-state index in [-0.39, 0.29) is 24.0 Å². The SMILES string of the molecule is CN=C(NCCC(C)c1ccccc1)N(C)CCc1cccs1.I. The molecule has 1 aromatic heterocycles. The molecule has 5 heteroatoms. The van der Waals surface area contributed by atoms with Crippen LogP contribution in [0.5, 0.6) is 0 Å². The lowest BCUT2D eigenvalue weighted by Crippen LogP contribution is -2.40. The van der Waals surface area contributed by atoms with Gasteiger partial charge in [-0.3, -0.25) is 4.99 Å². The van der Waals surface area contributed by atoms with E-state index in [0.717, 1.165) is 31.9 Å². The molecule has 2 aromatic rings. The van der Waals surface area contributed by atoms with Crippen LogP contribution >= 0.6 is 35.3 Å². The van der Waals surface area contributed by atoms with Crippen LogP contribution in [-0.2, 0) is 6.42 Å². The molecule has 0 saturated heterocycles. The van der Waals surface area contributed by atoms with Crippen molar-refractivity contribution < 1.29 is 0 Å². The van der Waals surface area contributed by atoms with Gasteiger partial charge in [-0.1, -0.05) is 43.3 Å². The highest BCUT2D eigenvalue weighted by Gasteiger charge is 2.08. The van der Waals surface area contributed by atoms with Crippen LogP contribution in [0.3, 0.4) is 0 Å². The highest BCUT2D eigenvalue weighted by molar-refractivity contribution is 14.0. The van der Waals surface area contributed by atoms with Crippen LogP contribution in [0.1, 0.15) is 29.7 Å². The molecule has 0 radical (unpaired) electrons. The summed E-state index contributed by atoms with van der Waals surface area (Å²) in [4.78, 5) is 8.01. The molecule has 0 bridgehead atoms. The molecular weight excluding hydrogens is 429 g/mol. The Morgan fingerprint density at radius 3 is 2.58 bits per heavy atom. The first kappa shape index (κ1) is 21.0. The summed E-state index contributed by atoms with van der Waals surface area (Å²) in [7, 11) is 3.95. The van der Waals surface area contributed by atoms with Gasteiger partial charge in [0, 0.05) is 32.1 Å². The molecule has 24 heavy (non-hydrogen) atoms. The van der Waals surface area contributed by atoms with Gasteiger partial charge < -0.3 is 10.2 Å². The minimum absolute atomic E-state index is 0. The molecule has 2 rings (SSSR count). The maximum atomic E-state index is 4.39. The van der Waals surface area contributed by atoms with Crippen molar-refractivity contribution in [3.05, 3.63) is 58.3 Å². The third kappa shape index (κ3) is 6.81. The highest BCUT2D eigenvalue weighted by atomic mass is 127. The monoisotopic (exact) mass is 457 g/mol. The number of thiophene rings is 1. The van der Waals surface area contributed by atoms with E-state index in [0.29, 0.717) is 5.92 Å². The Hall–Kier alpha value is -1.08. The fourth-order valence-electron chi connectivity index (χ4n) is 2.57. The van der Waals surface area contributed by atoms with Crippen molar-refractivity contribution in [2.75, 3.05) is 27.2 Å². The number of halogens is 1. The normalized spacial score (nSPS) is 12.4. The fourth-order valence-corrected chi connectivity index (χ4v) is 3.27. The van der Waals surface area contributed by atoms with E-state index in [2.05, 4.69) is 77.0 Å². The zero-order chi connectivity index (χ0) is 16.5. The standard InChI is InChI=1S/C19H27N3S.HI/c1-16(17-8-5-4-6-9-17)11-13-21-19(20-2)22(3)14-12-18-10-7-15-23-18;/h4-10,15-16H,11-14H2,1-3H3,(H,20,21);1H. The Kier molecular flexibility index (Phi) is 10.0. The number of nitrogens with one attached hydrogen (secondary N) is 1. The third-order valence-corrected chi connectivity index (χ3v) is 5.01. The predicted octanol–water partition coefficient (Wildman–Crippen LogP) is 4.61. The van der Waals surface area contributed by atoms with Gasteiger partial charge in [-0.05, 0) is 35.8 Å². The lowest BCUT2D eigenvalue weighted by atomic mass is 9.98. The molecule has 1 N–H and O–H groups in total. The Morgan fingerprint density at radius 1 is 1.21 bits per heavy atom. The molecule has 1 heterocycles. The van der Waals surface area contributed by atoms with E-state index < -0.39 is 0 Å². The van der Waals surface area contributed by atoms with Gasteiger partial charge in [0.1, 0.15) is 0 Å². The summed E-state index contributed by atoms with van der Waals surface area (Å²) in [5.74, 6) is 1.53. The number of aliphatic imine (C=N–C) groups is 1. The van der Waals surface area contributed by atoms with Crippen LogP contribution in [-0.4, -0.2) is 38.0 Å². The van der Waals surface area contributed by atoms with Gasteiger partial charge in [0.25, 0.3) is 0 Å². The van der Waals surface area contributed by atoms with E-state index >= 15 is 0 Å². The van der Waals surface area contributed by atoms with E-state index in [1.165, 1.54) is 10.4 Å². The topological polar surface area (TPSA) is 27.6 Å². The van der Waals surface area contributed by atoms with Crippen molar-refractivity contribution in [2.45, 2.75) is 25.7 Å². The number of hydrogen-bond acceptors (Lipinski definition) is 2. The zero-order valence-corrected chi connectivity index (χ0v) is 17.9. The number of likely N-dealkylation sites (N-methyl/N-ethyl adjacent to an activating group) is 1. The molecular formula is C19H28IN3S. The maximum Gasteiger partial charge on any atom is 0.193 e.